The third kappa shape index (κ3) is 3.53. The molecule has 9 heteroatoms. The maximum Gasteiger partial charge on any atom is 0.263 e. The maximum absolute atomic E-state index is 13.6. The van der Waals surface area contributed by atoms with Crippen LogP contribution in [0.4, 0.5) is 20.2 Å². The van der Waals surface area contributed by atoms with E-state index >= 15 is 0 Å². The van der Waals surface area contributed by atoms with Gasteiger partial charge in [0.05, 0.1) is 11.4 Å². The van der Waals surface area contributed by atoms with Crippen molar-refractivity contribution in [3.05, 3.63) is 50.9 Å². The summed E-state index contributed by atoms with van der Waals surface area (Å²) in [5, 5.41) is 0. The minimum absolute atomic E-state index is 0.0980. The van der Waals surface area contributed by atoms with Crippen LogP contribution in [-0.4, -0.2) is 8.42 Å². The molecule has 4 nitrogen and oxygen atoms in total. The van der Waals surface area contributed by atoms with E-state index in [0.29, 0.717) is 15.0 Å². The predicted octanol–water partition coefficient (Wildman–Crippen LogP) is 3.87. The van der Waals surface area contributed by atoms with Crippen molar-refractivity contribution >= 4 is 53.3 Å². The molecule has 3 N–H and O–H groups in total. The van der Waals surface area contributed by atoms with E-state index in [9.17, 15) is 17.2 Å². The number of hydrogen-bond acceptors (Lipinski definition) is 3. The molecule has 0 atom stereocenters. The normalized spacial score (nSPS) is 11.4. The lowest BCUT2D eigenvalue weighted by Gasteiger charge is -2.11. The first-order valence-electron chi connectivity index (χ1n) is 5.43. The lowest BCUT2D eigenvalue weighted by Crippen LogP contribution is -2.15. The summed E-state index contributed by atoms with van der Waals surface area (Å²) in [5.74, 6) is -2.02. The maximum atomic E-state index is 13.6. The van der Waals surface area contributed by atoms with E-state index in [2.05, 4.69) is 31.9 Å². The van der Waals surface area contributed by atoms with Crippen LogP contribution in [-0.2, 0) is 10.0 Å². The smallest absolute Gasteiger partial charge is 0.263 e. The third-order valence-corrected chi connectivity index (χ3v) is 5.37. The SMILES string of the molecule is Nc1cc(NS(=O)(=O)c2cc(Br)ccc2Br)c(F)cc1F. The summed E-state index contributed by atoms with van der Waals surface area (Å²) >= 11 is 6.26. The highest BCUT2D eigenvalue weighted by Crippen LogP contribution is 2.29. The fourth-order valence-electron chi connectivity index (χ4n) is 1.53. The summed E-state index contributed by atoms with van der Waals surface area (Å²) in [4.78, 5) is -0.0980. The van der Waals surface area contributed by atoms with E-state index in [-0.39, 0.29) is 10.6 Å². The summed E-state index contributed by atoms with van der Waals surface area (Å²) in [6.45, 7) is 0. The quantitative estimate of drug-likeness (QED) is 0.710. The van der Waals surface area contributed by atoms with Crippen LogP contribution in [0.2, 0.25) is 0 Å². The van der Waals surface area contributed by atoms with Crippen molar-refractivity contribution in [3.8, 4) is 0 Å². The molecule has 0 spiro atoms. The Kier molecular flexibility index (Phi) is 4.54. The highest BCUT2D eigenvalue weighted by molar-refractivity contribution is 9.11. The minimum atomic E-state index is -4.06. The molecule has 0 bridgehead atoms. The molecular weight excluding hydrogens is 434 g/mol. The lowest BCUT2D eigenvalue weighted by atomic mass is 10.2. The Bertz CT molecular complexity index is 813. The van der Waals surface area contributed by atoms with Crippen LogP contribution in [0.5, 0.6) is 0 Å². The third-order valence-electron chi connectivity index (χ3n) is 2.51. The Hall–Kier alpha value is -1.19. The van der Waals surface area contributed by atoms with E-state index in [4.69, 9.17) is 5.73 Å². The number of halogens is 4. The van der Waals surface area contributed by atoms with Crippen LogP contribution in [0.1, 0.15) is 0 Å². The second-order valence-electron chi connectivity index (χ2n) is 4.03. The molecule has 0 aliphatic rings. The minimum Gasteiger partial charge on any atom is -0.396 e. The van der Waals surface area contributed by atoms with Crippen molar-refractivity contribution in [1.82, 2.24) is 0 Å². The van der Waals surface area contributed by atoms with Crippen LogP contribution in [0.3, 0.4) is 0 Å². The molecule has 0 aromatic heterocycles. The summed E-state index contributed by atoms with van der Waals surface area (Å²) < 4.78 is 54.1. The second-order valence-corrected chi connectivity index (χ2v) is 7.45. The molecular formula is C12H8Br2F2N2O2S. The van der Waals surface area contributed by atoms with Gasteiger partial charge in [-0.25, -0.2) is 17.2 Å². The fraction of sp³-hybridized carbons (Fsp3) is 0. The van der Waals surface area contributed by atoms with Crippen LogP contribution < -0.4 is 10.5 Å². The molecule has 0 aliphatic heterocycles. The largest absolute Gasteiger partial charge is 0.396 e. The van der Waals surface area contributed by atoms with Gasteiger partial charge in [0.1, 0.15) is 16.5 Å². The molecule has 0 saturated heterocycles. The van der Waals surface area contributed by atoms with Gasteiger partial charge in [-0.1, -0.05) is 15.9 Å². The molecule has 0 aliphatic carbocycles. The van der Waals surface area contributed by atoms with Gasteiger partial charge in [-0.15, -0.1) is 0 Å². The Morgan fingerprint density at radius 1 is 1.05 bits per heavy atom. The van der Waals surface area contributed by atoms with E-state index in [1.54, 1.807) is 6.07 Å². The van der Waals surface area contributed by atoms with Gasteiger partial charge in [0.15, 0.2) is 0 Å². The topological polar surface area (TPSA) is 72.2 Å². The molecule has 0 unspecified atom stereocenters. The average Bonchev–Trinajstić information content (AvgIpc) is 2.38. The lowest BCUT2D eigenvalue weighted by molar-refractivity contribution is 0.585. The molecule has 2 rings (SSSR count). The van der Waals surface area contributed by atoms with E-state index < -0.39 is 27.3 Å². The fourth-order valence-corrected chi connectivity index (χ4v) is 4.09. The first-order chi connectivity index (χ1) is 9.70. The number of sulfonamides is 1. The van der Waals surface area contributed by atoms with Crippen molar-refractivity contribution in [2.75, 3.05) is 10.5 Å². The van der Waals surface area contributed by atoms with Gasteiger partial charge in [0, 0.05) is 15.0 Å². The Labute approximate surface area is 136 Å². The Morgan fingerprint density at radius 2 is 1.71 bits per heavy atom. The molecule has 0 amide bonds. The Morgan fingerprint density at radius 3 is 2.38 bits per heavy atom. The predicted molar refractivity (Wildman–Crippen MR) is 83.4 cm³/mol. The summed E-state index contributed by atoms with van der Waals surface area (Å²) in [7, 11) is -4.06. The zero-order valence-corrected chi connectivity index (χ0v) is 14.2. The van der Waals surface area contributed by atoms with E-state index in [1.807, 2.05) is 4.72 Å². The summed E-state index contributed by atoms with van der Waals surface area (Å²) in [5.41, 5.74) is 4.52. The van der Waals surface area contributed by atoms with Crippen LogP contribution >= 0.6 is 31.9 Å². The number of nitrogens with two attached hydrogens (primary N) is 1. The zero-order valence-electron chi connectivity index (χ0n) is 10.2. The zero-order chi connectivity index (χ0) is 15.8. The van der Waals surface area contributed by atoms with Gasteiger partial charge >= 0.3 is 0 Å². The molecule has 0 radical (unpaired) electrons. The summed E-state index contributed by atoms with van der Waals surface area (Å²) in [6.07, 6.45) is 0. The van der Waals surface area contributed by atoms with Crippen molar-refractivity contribution < 1.29 is 17.2 Å². The number of rotatable bonds is 3. The molecule has 0 heterocycles. The molecule has 2 aromatic rings. The highest BCUT2D eigenvalue weighted by atomic mass is 79.9. The number of anilines is 2. The van der Waals surface area contributed by atoms with Crippen molar-refractivity contribution in [1.29, 1.82) is 0 Å². The molecule has 0 saturated carbocycles. The van der Waals surface area contributed by atoms with Gasteiger partial charge in [-0.3, -0.25) is 4.72 Å². The first-order valence-corrected chi connectivity index (χ1v) is 8.50. The van der Waals surface area contributed by atoms with Crippen molar-refractivity contribution in [2.24, 2.45) is 0 Å². The summed E-state index contributed by atoms with van der Waals surface area (Å²) in [6, 6.07) is 5.90. The van der Waals surface area contributed by atoms with Gasteiger partial charge in [-0.2, -0.15) is 0 Å². The van der Waals surface area contributed by atoms with Crippen LogP contribution in [0.25, 0.3) is 0 Å². The van der Waals surface area contributed by atoms with Crippen molar-refractivity contribution in [3.63, 3.8) is 0 Å². The number of nitrogens with one attached hydrogen (secondary N) is 1. The molecule has 0 fully saturated rings. The van der Waals surface area contributed by atoms with Crippen LogP contribution in [0.15, 0.2) is 44.2 Å². The van der Waals surface area contributed by atoms with Gasteiger partial charge in [0.2, 0.25) is 0 Å². The number of nitrogen functional groups attached to an aromatic ring is 1. The van der Waals surface area contributed by atoms with E-state index in [1.165, 1.54) is 12.1 Å². The molecule has 2 aromatic carbocycles. The molecule has 21 heavy (non-hydrogen) atoms. The highest BCUT2D eigenvalue weighted by Gasteiger charge is 2.20. The van der Waals surface area contributed by atoms with Crippen molar-refractivity contribution in [2.45, 2.75) is 4.90 Å². The first kappa shape index (κ1) is 16.2. The number of benzene rings is 2. The van der Waals surface area contributed by atoms with Gasteiger partial charge in [-0.05, 0) is 40.2 Å². The Balaban J connectivity index is 2.47. The average molecular weight is 442 g/mol. The monoisotopic (exact) mass is 440 g/mol. The number of hydrogen-bond donors (Lipinski definition) is 2. The van der Waals surface area contributed by atoms with Gasteiger partial charge < -0.3 is 5.73 Å². The second kappa shape index (κ2) is 5.90. The van der Waals surface area contributed by atoms with Crippen LogP contribution in [0, 0.1) is 11.6 Å². The van der Waals surface area contributed by atoms with E-state index in [0.717, 1.165) is 6.07 Å². The molecule has 112 valence electrons. The van der Waals surface area contributed by atoms with Gasteiger partial charge in [0.25, 0.3) is 10.0 Å². The standard InChI is InChI=1S/C12H8Br2F2N2O2S/c13-6-1-2-7(14)12(3-6)21(19,20)18-11-5-10(17)8(15)4-9(11)16/h1-5,18H,17H2.